The van der Waals surface area contributed by atoms with Crippen LogP contribution in [0, 0.1) is 0 Å². The summed E-state index contributed by atoms with van der Waals surface area (Å²) in [6.45, 7) is 4.25. The molecule has 0 heterocycles. The number of rotatable bonds is 5. The van der Waals surface area contributed by atoms with E-state index in [0.717, 1.165) is 12.2 Å². The predicted molar refractivity (Wildman–Crippen MR) is 52.1 cm³/mol. The third-order valence-corrected chi connectivity index (χ3v) is 1.38. The summed E-state index contributed by atoms with van der Waals surface area (Å²) < 4.78 is 4.51. The SMILES string of the molecule is C=CC(=O)OCC(O)C=C=C(C)C(=O)O. The first-order chi connectivity index (χ1) is 6.97. The molecule has 0 amide bonds. The van der Waals surface area contributed by atoms with Crippen LogP contribution < -0.4 is 0 Å². The van der Waals surface area contributed by atoms with Crippen LogP contribution in [-0.2, 0) is 14.3 Å². The normalized spacial score (nSPS) is 10.8. The molecule has 1 unspecified atom stereocenters. The molecule has 2 N–H and O–H groups in total. The smallest absolute Gasteiger partial charge is 0.339 e. The van der Waals surface area contributed by atoms with Gasteiger partial charge in [0.05, 0.1) is 5.57 Å². The number of esters is 1. The van der Waals surface area contributed by atoms with Crippen molar-refractivity contribution >= 4 is 11.9 Å². The van der Waals surface area contributed by atoms with E-state index in [9.17, 15) is 14.7 Å². The Labute approximate surface area is 87.0 Å². The zero-order valence-electron chi connectivity index (χ0n) is 8.27. The number of carboxylic acids is 1. The highest BCUT2D eigenvalue weighted by atomic mass is 16.5. The number of carboxylic acid groups (broad SMARTS) is 1. The largest absolute Gasteiger partial charge is 0.477 e. The summed E-state index contributed by atoms with van der Waals surface area (Å²) in [4.78, 5) is 20.9. The Morgan fingerprint density at radius 3 is 2.67 bits per heavy atom. The molecule has 0 aromatic rings. The second kappa shape index (κ2) is 6.59. The van der Waals surface area contributed by atoms with Gasteiger partial charge in [-0.1, -0.05) is 6.58 Å². The molecule has 0 radical (unpaired) electrons. The van der Waals surface area contributed by atoms with Gasteiger partial charge in [-0.2, -0.15) is 0 Å². The molecule has 0 aromatic heterocycles. The molecule has 5 heteroatoms. The molecule has 0 spiro atoms. The summed E-state index contributed by atoms with van der Waals surface area (Å²) in [6, 6.07) is 0. The number of carbonyl (C=O) groups excluding carboxylic acids is 1. The van der Waals surface area contributed by atoms with Crippen molar-refractivity contribution in [3.63, 3.8) is 0 Å². The van der Waals surface area contributed by atoms with E-state index < -0.39 is 18.0 Å². The second-order valence-corrected chi connectivity index (χ2v) is 2.64. The highest BCUT2D eigenvalue weighted by Crippen LogP contribution is 1.92. The Morgan fingerprint density at radius 2 is 2.20 bits per heavy atom. The van der Waals surface area contributed by atoms with Crippen molar-refractivity contribution in [3.8, 4) is 0 Å². The first-order valence-electron chi connectivity index (χ1n) is 4.11. The Balaban J connectivity index is 4.19. The lowest BCUT2D eigenvalue weighted by atomic mass is 10.3. The molecule has 1 atom stereocenters. The Kier molecular flexibility index (Phi) is 5.78. The quantitative estimate of drug-likeness (QED) is 0.388. The van der Waals surface area contributed by atoms with Crippen LogP contribution in [0.5, 0.6) is 0 Å². The van der Waals surface area contributed by atoms with E-state index in [0.29, 0.717) is 0 Å². The summed E-state index contributed by atoms with van der Waals surface area (Å²) in [5.74, 6) is -1.78. The number of aliphatic hydroxyl groups is 1. The third-order valence-electron chi connectivity index (χ3n) is 1.38. The van der Waals surface area contributed by atoms with E-state index in [2.05, 4.69) is 17.0 Å². The molecule has 0 fully saturated rings. The van der Waals surface area contributed by atoms with Gasteiger partial charge in [0.15, 0.2) is 0 Å². The molecule has 0 aliphatic carbocycles. The lowest BCUT2D eigenvalue weighted by Gasteiger charge is -2.03. The standard InChI is InChI=1S/C10H12O5/c1-3-9(12)15-6-8(11)5-4-7(2)10(13)14/h3,5,8,11H,1,6H2,2H3,(H,13,14). The molecule has 0 aromatic carbocycles. The number of aliphatic carboxylic acids is 1. The molecular formula is C10H12O5. The van der Waals surface area contributed by atoms with Gasteiger partial charge in [-0.3, -0.25) is 0 Å². The molecule has 5 nitrogen and oxygen atoms in total. The van der Waals surface area contributed by atoms with Crippen LogP contribution in [0.3, 0.4) is 0 Å². The minimum Gasteiger partial charge on any atom is -0.477 e. The lowest BCUT2D eigenvalue weighted by molar-refractivity contribution is -0.139. The van der Waals surface area contributed by atoms with Crippen molar-refractivity contribution in [2.75, 3.05) is 6.61 Å². The van der Waals surface area contributed by atoms with Crippen molar-refractivity contribution < 1.29 is 24.5 Å². The Morgan fingerprint density at radius 1 is 1.60 bits per heavy atom. The second-order valence-electron chi connectivity index (χ2n) is 2.64. The van der Waals surface area contributed by atoms with E-state index in [4.69, 9.17) is 5.11 Å². The monoisotopic (exact) mass is 212 g/mol. The topological polar surface area (TPSA) is 83.8 Å². The highest BCUT2D eigenvalue weighted by molar-refractivity contribution is 5.85. The summed E-state index contributed by atoms with van der Waals surface area (Å²) in [5, 5.41) is 17.6. The minimum absolute atomic E-state index is 0.0379. The van der Waals surface area contributed by atoms with Crippen LogP contribution in [0.4, 0.5) is 0 Å². The average molecular weight is 212 g/mol. The first-order valence-corrected chi connectivity index (χ1v) is 4.11. The predicted octanol–water partition coefficient (Wildman–Crippen LogP) is 0.262. The lowest BCUT2D eigenvalue weighted by Crippen LogP contribution is -2.14. The number of aliphatic hydroxyl groups excluding tert-OH is 1. The molecular weight excluding hydrogens is 200 g/mol. The van der Waals surface area contributed by atoms with Gasteiger partial charge in [-0.25, -0.2) is 9.59 Å². The van der Waals surface area contributed by atoms with Gasteiger partial charge in [-0.15, -0.1) is 5.73 Å². The van der Waals surface area contributed by atoms with Gasteiger partial charge >= 0.3 is 11.9 Å². The first kappa shape index (κ1) is 13.2. The number of hydrogen-bond donors (Lipinski definition) is 2. The fourth-order valence-electron chi connectivity index (χ4n) is 0.557. The van der Waals surface area contributed by atoms with Crippen LogP contribution in [0.25, 0.3) is 0 Å². The van der Waals surface area contributed by atoms with E-state index in [1.807, 2.05) is 0 Å². The van der Waals surface area contributed by atoms with Gasteiger partial charge in [0.1, 0.15) is 12.7 Å². The summed E-state index contributed by atoms with van der Waals surface area (Å²) in [5.41, 5.74) is 2.31. The van der Waals surface area contributed by atoms with Gasteiger partial charge < -0.3 is 14.9 Å². The van der Waals surface area contributed by atoms with E-state index in [1.165, 1.54) is 6.92 Å². The van der Waals surface area contributed by atoms with Crippen LogP contribution >= 0.6 is 0 Å². The highest BCUT2D eigenvalue weighted by Gasteiger charge is 2.03. The molecule has 0 saturated carbocycles. The van der Waals surface area contributed by atoms with Crippen LogP contribution in [0.15, 0.2) is 30.0 Å². The molecule has 0 bridgehead atoms. The maximum absolute atomic E-state index is 10.6. The van der Waals surface area contributed by atoms with Crippen molar-refractivity contribution in [3.05, 3.63) is 30.0 Å². The van der Waals surface area contributed by atoms with Crippen LogP contribution in [0.1, 0.15) is 6.92 Å². The van der Waals surface area contributed by atoms with E-state index >= 15 is 0 Å². The Hall–Kier alpha value is -1.84. The van der Waals surface area contributed by atoms with Crippen molar-refractivity contribution in [2.45, 2.75) is 13.0 Å². The van der Waals surface area contributed by atoms with Crippen molar-refractivity contribution in [1.82, 2.24) is 0 Å². The van der Waals surface area contributed by atoms with Crippen LogP contribution in [-0.4, -0.2) is 34.9 Å². The fraction of sp³-hybridized carbons (Fsp3) is 0.300. The molecule has 0 aliphatic rings. The minimum atomic E-state index is -1.12. The van der Waals surface area contributed by atoms with Crippen LogP contribution in [0.2, 0.25) is 0 Å². The van der Waals surface area contributed by atoms with E-state index in [-0.39, 0.29) is 12.2 Å². The zero-order valence-corrected chi connectivity index (χ0v) is 8.27. The maximum Gasteiger partial charge on any atom is 0.339 e. The number of carbonyl (C=O) groups is 2. The van der Waals surface area contributed by atoms with Gasteiger partial charge in [0.25, 0.3) is 0 Å². The number of ether oxygens (including phenoxy) is 1. The summed E-state index contributed by atoms with van der Waals surface area (Å²) >= 11 is 0. The van der Waals surface area contributed by atoms with Crippen molar-refractivity contribution in [2.24, 2.45) is 0 Å². The molecule has 15 heavy (non-hydrogen) atoms. The number of hydrogen-bond acceptors (Lipinski definition) is 4. The van der Waals surface area contributed by atoms with E-state index in [1.54, 1.807) is 0 Å². The van der Waals surface area contributed by atoms with Gasteiger partial charge in [0.2, 0.25) is 0 Å². The Bertz CT molecular complexity index is 323. The molecule has 0 rings (SSSR count). The van der Waals surface area contributed by atoms with Gasteiger partial charge in [0, 0.05) is 6.08 Å². The molecule has 0 aliphatic heterocycles. The zero-order chi connectivity index (χ0) is 11.8. The average Bonchev–Trinajstić information content (AvgIpc) is 2.21. The fourth-order valence-corrected chi connectivity index (χ4v) is 0.557. The third kappa shape index (κ3) is 6.26. The maximum atomic E-state index is 10.6. The summed E-state index contributed by atoms with van der Waals surface area (Å²) in [7, 11) is 0. The molecule has 82 valence electrons. The molecule has 0 saturated heterocycles. The summed E-state index contributed by atoms with van der Waals surface area (Å²) in [6.07, 6.45) is 0.998. The van der Waals surface area contributed by atoms with Gasteiger partial charge in [-0.05, 0) is 13.0 Å². The van der Waals surface area contributed by atoms with Crippen molar-refractivity contribution in [1.29, 1.82) is 0 Å².